The molecule has 5 heteroatoms. The van der Waals surface area contributed by atoms with Crippen molar-refractivity contribution >= 4 is 17.7 Å². The molecule has 0 saturated carbocycles. The van der Waals surface area contributed by atoms with E-state index in [0.29, 0.717) is 13.0 Å². The summed E-state index contributed by atoms with van der Waals surface area (Å²) in [6, 6.07) is 0. The van der Waals surface area contributed by atoms with Gasteiger partial charge < -0.3 is 5.32 Å². The van der Waals surface area contributed by atoms with Crippen molar-refractivity contribution in [1.82, 2.24) is 15.5 Å². The van der Waals surface area contributed by atoms with Gasteiger partial charge in [0.05, 0.1) is 0 Å². The van der Waals surface area contributed by atoms with E-state index in [1.165, 1.54) is 11.3 Å². The van der Waals surface area contributed by atoms with Crippen LogP contribution in [-0.4, -0.2) is 23.2 Å². The molecule has 1 aromatic heterocycles. The number of nitrogens with one attached hydrogen (secondary N) is 1. The second-order valence-electron chi connectivity index (χ2n) is 1.65. The van der Waals surface area contributed by atoms with Crippen LogP contribution in [0.5, 0.6) is 0 Å². The van der Waals surface area contributed by atoms with Crippen LogP contribution >= 0.6 is 11.3 Å². The summed E-state index contributed by atoms with van der Waals surface area (Å²) in [5.41, 5.74) is 1.68. The molecule has 1 aromatic rings. The smallest absolute Gasteiger partial charge is 0.207 e. The monoisotopic (exact) mass is 157 g/mol. The van der Waals surface area contributed by atoms with Gasteiger partial charge in [0.15, 0.2) is 0 Å². The number of hydrogen-bond donors (Lipinski definition) is 1. The summed E-state index contributed by atoms with van der Waals surface area (Å²) in [5, 5.41) is 11.0. The molecule has 0 spiro atoms. The highest BCUT2D eigenvalue weighted by Gasteiger charge is 1.93. The minimum atomic E-state index is 0.638. The summed E-state index contributed by atoms with van der Waals surface area (Å²) >= 11 is 1.50. The zero-order valence-corrected chi connectivity index (χ0v) is 6.10. The van der Waals surface area contributed by atoms with Gasteiger partial charge in [-0.2, -0.15) is 0 Å². The molecular weight excluding hydrogens is 150 g/mol. The average molecular weight is 157 g/mol. The Morgan fingerprint density at radius 2 is 2.70 bits per heavy atom. The Morgan fingerprint density at radius 1 is 1.80 bits per heavy atom. The molecule has 0 aliphatic carbocycles. The first-order valence-corrected chi connectivity index (χ1v) is 3.73. The zero-order valence-electron chi connectivity index (χ0n) is 5.28. The Bertz CT molecular complexity index is 187. The highest BCUT2D eigenvalue weighted by molar-refractivity contribution is 7.09. The number of carbonyl (C=O) groups is 1. The van der Waals surface area contributed by atoms with Crippen LogP contribution in [0.25, 0.3) is 0 Å². The van der Waals surface area contributed by atoms with E-state index in [2.05, 4.69) is 15.5 Å². The molecule has 0 atom stereocenters. The van der Waals surface area contributed by atoms with Gasteiger partial charge in [0.2, 0.25) is 6.41 Å². The molecule has 1 rings (SSSR count). The summed E-state index contributed by atoms with van der Waals surface area (Å²) in [7, 11) is 0. The van der Waals surface area contributed by atoms with Crippen molar-refractivity contribution in [3.63, 3.8) is 0 Å². The third kappa shape index (κ3) is 2.10. The van der Waals surface area contributed by atoms with Crippen molar-refractivity contribution in [1.29, 1.82) is 0 Å². The molecule has 0 aliphatic heterocycles. The topological polar surface area (TPSA) is 54.9 Å². The summed E-state index contributed by atoms with van der Waals surface area (Å²) in [4.78, 5) is 9.79. The Balaban J connectivity index is 2.21. The van der Waals surface area contributed by atoms with E-state index in [1.54, 1.807) is 5.51 Å². The van der Waals surface area contributed by atoms with E-state index in [-0.39, 0.29) is 0 Å². The quantitative estimate of drug-likeness (QED) is 0.487. The first-order chi connectivity index (χ1) is 4.93. The number of amides is 1. The Labute approximate surface area is 62.3 Å². The molecule has 0 aliphatic rings. The van der Waals surface area contributed by atoms with Gasteiger partial charge in [-0.25, -0.2) is 0 Å². The molecule has 54 valence electrons. The number of carbonyl (C=O) groups excluding carboxylic acids is 1. The normalized spacial score (nSPS) is 9.20. The molecule has 4 nitrogen and oxygen atoms in total. The van der Waals surface area contributed by atoms with Gasteiger partial charge in [-0.3, -0.25) is 4.79 Å². The van der Waals surface area contributed by atoms with Crippen molar-refractivity contribution in [2.45, 2.75) is 6.42 Å². The fourth-order valence-corrected chi connectivity index (χ4v) is 1.07. The van der Waals surface area contributed by atoms with Gasteiger partial charge in [0, 0.05) is 13.0 Å². The van der Waals surface area contributed by atoms with E-state index in [9.17, 15) is 4.79 Å². The van der Waals surface area contributed by atoms with Crippen LogP contribution in [0, 0.1) is 0 Å². The molecule has 0 saturated heterocycles. The largest absolute Gasteiger partial charge is 0.358 e. The highest BCUT2D eigenvalue weighted by Crippen LogP contribution is 2.00. The van der Waals surface area contributed by atoms with Crippen molar-refractivity contribution in [3.05, 3.63) is 10.5 Å². The predicted octanol–water partition coefficient (Wildman–Crippen LogP) is -0.173. The minimum absolute atomic E-state index is 0.638. The summed E-state index contributed by atoms with van der Waals surface area (Å²) in [5.74, 6) is 0. The molecule has 1 amide bonds. The molecule has 1 heterocycles. The van der Waals surface area contributed by atoms with Crippen LogP contribution in [0.15, 0.2) is 5.51 Å². The molecule has 10 heavy (non-hydrogen) atoms. The Morgan fingerprint density at radius 3 is 3.30 bits per heavy atom. The molecule has 1 N–H and O–H groups in total. The van der Waals surface area contributed by atoms with Gasteiger partial charge in [0.25, 0.3) is 0 Å². The van der Waals surface area contributed by atoms with Crippen molar-refractivity contribution in [3.8, 4) is 0 Å². The van der Waals surface area contributed by atoms with E-state index in [0.717, 1.165) is 11.4 Å². The van der Waals surface area contributed by atoms with Crippen LogP contribution in [-0.2, 0) is 11.2 Å². The molecular formula is C5H7N3OS. The van der Waals surface area contributed by atoms with Gasteiger partial charge in [-0.15, -0.1) is 21.5 Å². The number of nitrogens with zero attached hydrogens (tertiary/aromatic N) is 2. The highest BCUT2D eigenvalue weighted by atomic mass is 32.1. The lowest BCUT2D eigenvalue weighted by Gasteiger charge is -1.91. The maximum atomic E-state index is 9.79. The number of hydrogen-bond acceptors (Lipinski definition) is 4. The van der Waals surface area contributed by atoms with E-state index in [4.69, 9.17) is 0 Å². The van der Waals surface area contributed by atoms with Gasteiger partial charge in [0.1, 0.15) is 10.5 Å². The van der Waals surface area contributed by atoms with Crippen molar-refractivity contribution < 1.29 is 4.79 Å². The fourth-order valence-electron chi connectivity index (χ4n) is 0.543. The first kappa shape index (κ1) is 7.14. The Hall–Kier alpha value is -0.970. The van der Waals surface area contributed by atoms with Crippen LogP contribution < -0.4 is 5.32 Å². The lowest BCUT2D eigenvalue weighted by molar-refractivity contribution is -0.109. The van der Waals surface area contributed by atoms with Crippen molar-refractivity contribution in [2.75, 3.05) is 6.54 Å². The molecule has 0 bridgehead atoms. The molecule has 0 aromatic carbocycles. The van der Waals surface area contributed by atoms with Crippen molar-refractivity contribution in [2.24, 2.45) is 0 Å². The maximum absolute atomic E-state index is 9.79. The SMILES string of the molecule is O=CNCCc1nncs1. The van der Waals surface area contributed by atoms with Crippen LogP contribution in [0.3, 0.4) is 0 Å². The standard InChI is InChI=1S/C5H7N3OS/c9-3-6-2-1-5-8-7-4-10-5/h3-4H,1-2H2,(H,6,9). The lowest BCUT2D eigenvalue weighted by atomic mass is 10.4. The van der Waals surface area contributed by atoms with E-state index in [1.807, 2.05) is 0 Å². The predicted molar refractivity (Wildman–Crippen MR) is 37.7 cm³/mol. The number of aromatic nitrogens is 2. The molecule has 0 unspecified atom stereocenters. The maximum Gasteiger partial charge on any atom is 0.207 e. The van der Waals surface area contributed by atoms with Gasteiger partial charge in [-0.05, 0) is 0 Å². The summed E-state index contributed by atoms with van der Waals surface area (Å²) < 4.78 is 0. The Kier molecular flexibility index (Phi) is 2.82. The second-order valence-corrected chi connectivity index (χ2v) is 2.57. The summed E-state index contributed by atoms with van der Waals surface area (Å²) in [6.45, 7) is 0.638. The van der Waals surface area contributed by atoms with Crippen LogP contribution in [0.4, 0.5) is 0 Å². The van der Waals surface area contributed by atoms with Gasteiger partial charge in [-0.1, -0.05) is 0 Å². The van der Waals surface area contributed by atoms with E-state index < -0.39 is 0 Å². The first-order valence-electron chi connectivity index (χ1n) is 2.85. The van der Waals surface area contributed by atoms with E-state index >= 15 is 0 Å². The second kappa shape index (κ2) is 3.94. The van der Waals surface area contributed by atoms with Crippen LogP contribution in [0.2, 0.25) is 0 Å². The zero-order chi connectivity index (χ0) is 7.23. The van der Waals surface area contributed by atoms with Gasteiger partial charge >= 0.3 is 0 Å². The molecule has 0 fully saturated rings. The fraction of sp³-hybridized carbons (Fsp3) is 0.400. The lowest BCUT2D eigenvalue weighted by Crippen LogP contribution is -2.14. The number of rotatable bonds is 4. The van der Waals surface area contributed by atoms with Crippen LogP contribution in [0.1, 0.15) is 5.01 Å². The third-order valence-corrected chi connectivity index (χ3v) is 1.73. The minimum Gasteiger partial charge on any atom is -0.358 e. The summed E-state index contributed by atoms with van der Waals surface area (Å²) in [6.07, 6.45) is 1.45. The third-order valence-electron chi connectivity index (χ3n) is 0.972. The average Bonchev–Trinajstić information content (AvgIpc) is 2.41. The molecule has 0 radical (unpaired) electrons.